The van der Waals surface area contributed by atoms with Crippen LogP contribution in [0.5, 0.6) is 0 Å². The molecular weight excluding hydrogens is 224 g/mol. The Kier molecular flexibility index (Phi) is 3.89. The van der Waals surface area contributed by atoms with E-state index < -0.39 is 0 Å². The zero-order chi connectivity index (χ0) is 13.0. The Morgan fingerprint density at radius 1 is 1.22 bits per heavy atom. The summed E-state index contributed by atoms with van der Waals surface area (Å²) in [4.78, 5) is 8.56. The highest BCUT2D eigenvalue weighted by molar-refractivity contribution is 5.62. The number of nitrogens with zero attached hydrogens (tertiary/aromatic N) is 2. The Morgan fingerprint density at radius 2 is 1.94 bits per heavy atom. The van der Waals surface area contributed by atoms with Gasteiger partial charge in [0.05, 0.1) is 0 Å². The minimum atomic E-state index is 0.0880. The summed E-state index contributed by atoms with van der Waals surface area (Å²) in [6.07, 6.45) is 3.65. The minimum Gasteiger partial charge on any atom is -0.353 e. The monoisotopic (exact) mass is 242 g/mol. The fourth-order valence-electron chi connectivity index (χ4n) is 1.65. The minimum absolute atomic E-state index is 0.0880. The Balaban J connectivity index is 2.12. The number of rotatable bonds is 4. The van der Waals surface area contributed by atoms with Crippen LogP contribution in [0.15, 0.2) is 36.7 Å². The van der Waals surface area contributed by atoms with Crippen LogP contribution in [0.2, 0.25) is 0 Å². The van der Waals surface area contributed by atoms with Crippen molar-refractivity contribution in [1.29, 1.82) is 0 Å². The molecule has 2 aromatic rings. The van der Waals surface area contributed by atoms with Gasteiger partial charge in [-0.3, -0.25) is 0 Å². The van der Waals surface area contributed by atoms with Crippen molar-refractivity contribution < 1.29 is 0 Å². The van der Waals surface area contributed by atoms with E-state index in [0.717, 1.165) is 11.1 Å². The third-order valence-corrected chi connectivity index (χ3v) is 2.59. The van der Waals surface area contributed by atoms with Crippen molar-refractivity contribution in [1.82, 2.24) is 9.97 Å². The summed E-state index contributed by atoms with van der Waals surface area (Å²) in [5.41, 5.74) is 9.04. The topological polar surface area (TPSA) is 63.8 Å². The van der Waals surface area contributed by atoms with E-state index in [1.807, 2.05) is 25.4 Å². The van der Waals surface area contributed by atoms with Gasteiger partial charge in [0.15, 0.2) is 0 Å². The third kappa shape index (κ3) is 3.28. The smallest absolute Gasteiger partial charge is 0.222 e. The van der Waals surface area contributed by atoms with E-state index in [1.165, 1.54) is 5.56 Å². The summed E-state index contributed by atoms with van der Waals surface area (Å²) in [5, 5.41) is 3.09. The van der Waals surface area contributed by atoms with E-state index in [9.17, 15) is 0 Å². The fraction of sp³-hybridized carbons (Fsp3) is 0.286. The van der Waals surface area contributed by atoms with Gasteiger partial charge in [-0.05, 0) is 19.4 Å². The Morgan fingerprint density at radius 3 is 2.56 bits per heavy atom. The number of hydrogen-bond acceptors (Lipinski definition) is 4. The number of benzene rings is 1. The van der Waals surface area contributed by atoms with Gasteiger partial charge in [-0.15, -0.1) is 0 Å². The Hall–Kier alpha value is -1.94. The lowest BCUT2D eigenvalue weighted by Gasteiger charge is -2.08. The van der Waals surface area contributed by atoms with Crippen molar-refractivity contribution in [2.24, 2.45) is 5.73 Å². The first-order valence-electron chi connectivity index (χ1n) is 6.03. The SMILES string of the molecule is Cc1cccc(-c2cnc(NCC(C)N)nc2)c1. The number of nitrogens with two attached hydrogens (primary N) is 1. The molecule has 0 saturated carbocycles. The van der Waals surface area contributed by atoms with Crippen LogP contribution in [-0.4, -0.2) is 22.6 Å². The Bertz CT molecular complexity index is 505. The number of anilines is 1. The summed E-state index contributed by atoms with van der Waals surface area (Å²) in [6, 6.07) is 8.37. The molecule has 3 N–H and O–H groups in total. The highest BCUT2D eigenvalue weighted by Gasteiger charge is 2.01. The maximum Gasteiger partial charge on any atom is 0.222 e. The molecule has 1 aromatic heterocycles. The van der Waals surface area contributed by atoms with E-state index in [4.69, 9.17) is 5.73 Å². The van der Waals surface area contributed by atoms with Gasteiger partial charge in [0.1, 0.15) is 0 Å². The molecule has 18 heavy (non-hydrogen) atoms. The van der Waals surface area contributed by atoms with Crippen molar-refractivity contribution in [2.45, 2.75) is 19.9 Å². The van der Waals surface area contributed by atoms with E-state index in [0.29, 0.717) is 12.5 Å². The normalized spacial score (nSPS) is 12.2. The Labute approximate surface area is 107 Å². The second kappa shape index (κ2) is 5.60. The van der Waals surface area contributed by atoms with Gasteiger partial charge in [-0.2, -0.15) is 0 Å². The number of hydrogen-bond donors (Lipinski definition) is 2. The van der Waals surface area contributed by atoms with Crippen LogP contribution in [0.3, 0.4) is 0 Å². The largest absolute Gasteiger partial charge is 0.353 e. The molecule has 0 aliphatic carbocycles. The van der Waals surface area contributed by atoms with Gasteiger partial charge in [-0.25, -0.2) is 9.97 Å². The van der Waals surface area contributed by atoms with E-state index in [2.05, 4.69) is 40.4 Å². The second-order valence-corrected chi connectivity index (χ2v) is 4.52. The van der Waals surface area contributed by atoms with Crippen LogP contribution in [0.4, 0.5) is 5.95 Å². The molecule has 0 spiro atoms. The number of nitrogens with one attached hydrogen (secondary N) is 1. The van der Waals surface area contributed by atoms with Gasteiger partial charge in [-0.1, -0.05) is 29.8 Å². The lowest BCUT2D eigenvalue weighted by Crippen LogP contribution is -2.25. The first-order valence-corrected chi connectivity index (χ1v) is 6.03. The molecule has 0 fully saturated rings. The van der Waals surface area contributed by atoms with Crippen LogP contribution in [0.1, 0.15) is 12.5 Å². The third-order valence-electron chi connectivity index (χ3n) is 2.59. The van der Waals surface area contributed by atoms with Gasteiger partial charge in [0.25, 0.3) is 0 Å². The molecule has 1 atom stereocenters. The molecule has 2 rings (SSSR count). The van der Waals surface area contributed by atoms with Crippen molar-refractivity contribution in [3.8, 4) is 11.1 Å². The summed E-state index contributed by atoms with van der Waals surface area (Å²) in [5.74, 6) is 0.615. The summed E-state index contributed by atoms with van der Waals surface area (Å²) in [6.45, 7) is 4.68. The summed E-state index contributed by atoms with van der Waals surface area (Å²) >= 11 is 0. The second-order valence-electron chi connectivity index (χ2n) is 4.52. The van der Waals surface area contributed by atoms with E-state index in [-0.39, 0.29) is 6.04 Å². The lowest BCUT2D eigenvalue weighted by molar-refractivity contribution is 0.773. The standard InChI is InChI=1S/C14H18N4/c1-10-4-3-5-12(6-10)13-8-17-14(18-9-13)16-7-11(2)15/h3-6,8-9,11H,7,15H2,1-2H3,(H,16,17,18). The molecule has 0 radical (unpaired) electrons. The highest BCUT2D eigenvalue weighted by Crippen LogP contribution is 2.18. The van der Waals surface area contributed by atoms with Crippen molar-refractivity contribution in [3.05, 3.63) is 42.2 Å². The molecule has 1 aromatic carbocycles. The molecule has 94 valence electrons. The summed E-state index contributed by atoms with van der Waals surface area (Å²) < 4.78 is 0. The molecule has 0 bridgehead atoms. The predicted molar refractivity (Wildman–Crippen MR) is 74.3 cm³/mol. The number of aromatic nitrogens is 2. The zero-order valence-corrected chi connectivity index (χ0v) is 10.7. The quantitative estimate of drug-likeness (QED) is 0.862. The fourth-order valence-corrected chi connectivity index (χ4v) is 1.65. The van der Waals surface area contributed by atoms with Gasteiger partial charge in [0, 0.05) is 30.5 Å². The maximum absolute atomic E-state index is 5.66. The van der Waals surface area contributed by atoms with Gasteiger partial charge < -0.3 is 11.1 Å². The van der Waals surface area contributed by atoms with E-state index in [1.54, 1.807) is 0 Å². The molecule has 0 aliphatic rings. The van der Waals surface area contributed by atoms with Crippen molar-refractivity contribution >= 4 is 5.95 Å². The predicted octanol–water partition coefficient (Wildman–Crippen LogP) is 2.21. The van der Waals surface area contributed by atoms with Gasteiger partial charge in [0.2, 0.25) is 5.95 Å². The first kappa shape index (κ1) is 12.5. The zero-order valence-electron chi connectivity index (χ0n) is 10.7. The first-order chi connectivity index (χ1) is 8.65. The van der Waals surface area contributed by atoms with Crippen LogP contribution in [0, 0.1) is 6.92 Å². The van der Waals surface area contributed by atoms with Crippen molar-refractivity contribution in [2.75, 3.05) is 11.9 Å². The molecular formula is C14H18N4. The summed E-state index contributed by atoms with van der Waals surface area (Å²) in [7, 11) is 0. The number of aryl methyl sites for hydroxylation is 1. The van der Waals surface area contributed by atoms with Crippen LogP contribution in [0.25, 0.3) is 11.1 Å². The average Bonchev–Trinajstić information content (AvgIpc) is 2.37. The molecule has 0 amide bonds. The molecule has 1 unspecified atom stereocenters. The molecule has 4 heteroatoms. The van der Waals surface area contributed by atoms with E-state index >= 15 is 0 Å². The van der Waals surface area contributed by atoms with Crippen molar-refractivity contribution in [3.63, 3.8) is 0 Å². The molecule has 4 nitrogen and oxygen atoms in total. The lowest BCUT2D eigenvalue weighted by atomic mass is 10.1. The van der Waals surface area contributed by atoms with Crippen LogP contribution in [-0.2, 0) is 0 Å². The maximum atomic E-state index is 5.66. The van der Waals surface area contributed by atoms with Gasteiger partial charge >= 0.3 is 0 Å². The van der Waals surface area contributed by atoms with Crippen LogP contribution >= 0.6 is 0 Å². The molecule has 0 aliphatic heterocycles. The highest BCUT2D eigenvalue weighted by atomic mass is 15.1. The average molecular weight is 242 g/mol. The molecule has 0 saturated heterocycles. The molecule has 1 heterocycles. The van der Waals surface area contributed by atoms with Crippen LogP contribution < -0.4 is 11.1 Å².